The van der Waals surface area contributed by atoms with E-state index in [2.05, 4.69) is 50.5 Å². The summed E-state index contributed by atoms with van der Waals surface area (Å²) in [7, 11) is 0. The van der Waals surface area contributed by atoms with Crippen molar-refractivity contribution in [2.24, 2.45) is 17.8 Å². The SMILES string of the molecule is Cc1cc(OCCC2CC2C2CCN(c3nc(C(C)C)no3)CC2)ccc1-n1cnnn1. The molecule has 2 fully saturated rings. The number of nitrogens with zero attached hydrogens (tertiary/aromatic N) is 7. The molecule has 1 saturated carbocycles. The molecule has 1 aliphatic carbocycles. The monoisotopic (exact) mass is 437 g/mol. The van der Waals surface area contributed by atoms with Gasteiger partial charge < -0.3 is 14.2 Å². The van der Waals surface area contributed by atoms with Crippen molar-refractivity contribution in [3.8, 4) is 11.4 Å². The van der Waals surface area contributed by atoms with E-state index in [9.17, 15) is 0 Å². The van der Waals surface area contributed by atoms with Gasteiger partial charge >= 0.3 is 6.01 Å². The summed E-state index contributed by atoms with van der Waals surface area (Å²) in [5.41, 5.74) is 2.06. The number of piperidine rings is 1. The minimum Gasteiger partial charge on any atom is -0.494 e. The van der Waals surface area contributed by atoms with Gasteiger partial charge in [-0.05, 0) is 84.6 Å². The van der Waals surface area contributed by atoms with Crippen LogP contribution in [0.15, 0.2) is 29.0 Å². The van der Waals surface area contributed by atoms with Gasteiger partial charge in [0.05, 0.1) is 12.3 Å². The van der Waals surface area contributed by atoms with Crippen molar-refractivity contribution in [1.82, 2.24) is 30.3 Å². The normalized spacial score (nSPS) is 21.3. The molecule has 1 saturated heterocycles. The molecule has 0 bridgehead atoms. The summed E-state index contributed by atoms with van der Waals surface area (Å²) < 4.78 is 13.2. The second-order valence-electron chi connectivity index (χ2n) is 9.41. The molecular weight excluding hydrogens is 406 g/mol. The molecule has 0 spiro atoms. The molecule has 1 aliphatic heterocycles. The Kier molecular flexibility index (Phi) is 5.80. The minimum absolute atomic E-state index is 0.298. The largest absolute Gasteiger partial charge is 0.494 e. The predicted molar refractivity (Wildman–Crippen MR) is 119 cm³/mol. The average Bonchev–Trinajstić information content (AvgIpc) is 3.18. The van der Waals surface area contributed by atoms with E-state index in [1.54, 1.807) is 11.0 Å². The van der Waals surface area contributed by atoms with E-state index >= 15 is 0 Å². The number of aromatic nitrogens is 6. The lowest BCUT2D eigenvalue weighted by atomic mass is 9.90. The first-order valence-electron chi connectivity index (χ1n) is 11.6. The lowest BCUT2D eigenvalue weighted by molar-refractivity contribution is 0.282. The summed E-state index contributed by atoms with van der Waals surface area (Å²) >= 11 is 0. The predicted octanol–water partition coefficient (Wildman–Crippen LogP) is 3.80. The Hall–Kier alpha value is -2.97. The van der Waals surface area contributed by atoms with Gasteiger partial charge in [-0.2, -0.15) is 4.98 Å². The van der Waals surface area contributed by atoms with Crippen molar-refractivity contribution < 1.29 is 9.26 Å². The van der Waals surface area contributed by atoms with Crippen LogP contribution in [0.1, 0.15) is 56.8 Å². The molecule has 2 unspecified atom stereocenters. The second kappa shape index (κ2) is 8.88. The molecule has 0 N–H and O–H groups in total. The van der Waals surface area contributed by atoms with Gasteiger partial charge in [0.1, 0.15) is 12.1 Å². The summed E-state index contributed by atoms with van der Waals surface area (Å²) in [6.45, 7) is 9.01. The van der Waals surface area contributed by atoms with Gasteiger partial charge in [-0.3, -0.25) is 0 Å². The summed E-state index contributed by atoms with van der Waals surface area (Å²) in [6.07, 6.45) is 6.48. The molecule has 170 valence electrons. The van der Waals surface area contributed by atoms with Gasteiger partial charge in [-0.25, -0.2) is 4.68 Å². The fourth-order valence-electron chi connectivity index (χ4n) is 4.86. The van der Waals surface area contributed by atoms with Crippen molar-refractivity contribution in [2.75, 3.05) is 24.6 Å². The van der Waals surface area contributed by atoms with Crippen molar-refractivity contribution in [2.45, 2.75) is 52.4 Å². The topological polar surface area (TPSA) is 95.0 Å². The van der Waals surface area contributed by atoms with Crippen molar-refractivity contribution in [1.29, 1.82) is 0 Å². The highest BCUT2D eigenvalue weighted by molar-refractivity contribution is 5.44. The quantitative estimate of drug-likeness (QED) is 0.525. The van der Waals surface area contributed by atoms with Crippen LogP contribution in [0.25, 0.3) is 5.69 Å². The zero-order chi connectivity index (χ0) is 22.1. The van der Waals surface area contributed by atoms with Gasteiger partial charge in [0, 0.05) is 19.0 Å². The van der Waals surface area contributed by atoms with Crippen LogP contribution in [0.5, 0.6) is 5.75 Å². The van der Waals surface area contributed by atoms with Crippen LogP contribution in [-0.2, 0) is 0 Å². The summed E-state index contributed by atoms with van der Waals surface area (Å²) in [5.74, 6) is 4.45. The summed E-state index contributed by atoms with van der Waals surface area (Å²) in [6, 6.07) is 6.74. The molecule has 1 aromatic carbocycles. The van der Waals surface area contributed by atoms with Crippen molar-refractivity contribution in [3.05, 3.63) is 35.9 Å². The fraction of sp³-hybridized carbons (Fsp3) is 0.609. The third kappa shape index (κ3) is 4.47. The number of hydrogen-bond donors (Lipinski definition) is 0. The van der Waals surface area contributed by atoms with E-state index in [1.165, 1.54) is 19.3 Å². The van der Waals surface area contributed by atoms with Gasteiger partial charge in [-0.15, -0.1) is 5.10 Å². The molecular formula is C23H31N7O2. The molecule has 9 nitrogen and oxygen atoms in total. The molecule has 0 radical (unpaired) electrons. The van der Waals surface area contributed by atoms with Crippen LogP contribution in [0.3, 0.4) is 0 Å². The van der Waals surface area contributed by atoms with Crippen LogP contribution in [0.4, 0.5) is 6.01 Å². The third-order valence-corrected chi connectivity index (χ3v) is 6.86. The molecule has 2 aromatic heterocycles. The first-order valence-corrected chi connectivity index (χ1v) is 11.6. The highest BCUT2D eigenvalue weighted by atomic mass is 16.5. The number of aryl methyl sites for hydroxylation is 1. The Morgan fingerprint density at radius 2 is 2.06 bits per heavy atom. The van der Waals surface area contributed by atoms with Gasteiger partial charge in [0.15, 0.2) is 5.82 Å². The first-order chi connectivity index (χ1) is 15.6. The van der Waals surface area contributed by atoms with E-state index in [0.717, 1.165) is 66.7 Å². The maximum absolute atomic E-state index is 6.05. The van der Waals surface area contributed by atoms with Crippen LogP contribution in [0.2, 0.25) is 0 Å². The third-order valence-electron chi connectivity index (χ3n) is 6.86. The second-order valence-corrected chi connectivity index (χ2v) is 9.41. The molecule has 2 atom stereocenters. The van der Waals surface area contributed by atoms with Gasteiger partial charge in [0.2, 0.25) is 0 Å². The van der Waals surface area contributed by atoms with E-state index in [0.29, 0.717) is 11.9 Å². The number of benzene rings is 1. The van der Waals surface area contributed by atoms with Crippen LogP contribution in [0, 0.1) is 24.7 Å². The Balaban J connectivity index is 1.05. The standard InChI is InChI=1S/C23H31N7O2/c1-15(2)22-25-23(32-26-22)29-9-6-17(7-10-29)20-13-18(20)8-11-31-19-4-5-21(16(3)12-19)30-14-24-27-28-30/h4-5,12,14-15,17-18,20H,6-11,13H2,1-3H3. The molecule has 0 amide bonds. The van der Waals surface area contributed by atoms with Gasteiger partial charge in [0.25, 0.3) is 0 Å². The van der Waals surface area contributed by atoms with Crippen LogP contribution >= 0.6 is 0 Å². The number of ether oxygens (including phenoxy) is 1. The number of tetrazole rings is 1. The molecule has 3 heterocycles. The zero-order valence-electron chi connectivity index (χ0n) is 19.0. The van der Waals surface area contributed by atoms with E-state index in [-0.39, 0.29) is 0 Å². The zero-order valence-corrected chi connectivity index (χ0v) is 19.0. The maximum atomic E-state index is 6.05. The Morgan fingerprint density at radius 1 is 1.22 bits per heavy atom. The van der Waals surface area contributed by atoms with E-state index < -0.39 is 0 Å². The number of rotatable bonds is 8. The highest BCUT2D eigenvalue weighted by Gasteiger charge is 2.43. The maximum Gasteiger partial charge on any atom is 0.324 e. The molecule has 9 heteroatoms. The Bertz CT molecular complexity index is 1020. The lowest BCUT2D eigenvalue weighted by Crippen LogP contribution is -2.34. The van der Waals surface area contributed by atoms with Gasteiger partial charge in [-0.1, -0.05) is 19.0 Å². The molecule has 2 aliphatic rings. The molecule has 3 aromatic rings. The average molecular weight is 438 g/mol. The van der Waals surface area contributed by atoms with E-state index in [1.807, 2.05) is 19.1 Å². The fourth-order valence-corrected chi connectivity index (χ4v) is 4.86. The van der Waals surface area contributed by atoms with Crippen LogP contribution in [-0.4, -0.2) is 50.0 Å². The smallest absolute Gasteiger partial charge is 0.324 e. The van der Waals surface area contributed by atoms with Crippen molar-refractivity contribution >= 4 is 6.01 Å². The Labute approximate surface area is 188 Å². The van der Waals surface area contributed by atoms with Crippen molar-refractivity contribution in [3.63, 3.8) is 0 Å². The molecule has 32 heavy (non-hydrogen) atoms. The van der Waals surface area contributed by atoms with Crippen LogP contribution < -0.4 is 9.64 Å². The molecule has 5 rings (SSSR count). The summed E-state index contributed by atoms with van der Waals surface area (Å²) in [4.78, 5) is 6.80. The summed E-state index contributed by atoms with van der Waals surface area (Å²) in [5, 5.41) is 15.4. The van der Waals surface area contributed by atoms with E-state index in [4.69, 9.17) is 9.26 Å². The number of hydrogen-bond acceptors (Lipinski definition) is 8. The Morgan fingerprint density at radius 3 is 2.75 bits per heavy atom. The number of anilines is 1. The lowest BCUT2D eigenvalue weighted by Gasteiger charge is -2.30. The highest BCUT2D eigenvalue weighted by Crippen LogP contribution is 2.50. The minimum atomic E-state index is 0.298. The first kappa shape index (κ1) is 20.9.